The van der Waals surface area contributed by atoms with Crippen LogP contribution in [0.5, 0.6) is 0 Å². The zero-order valence-electron chi connectivity index (χ0n) is 10.1. The van der Waals surface area contributed by atoms with E-state index in [1.165, 1.54) is 32.5 Å². The van der Waals surface area contributed by atoms with Crippen molar-refractivity contribution in [2.24, 2.45) is 11.8 Å². The lowest BCUT2D eigenvalue weighted by molar-refractivity contribution is 0.167. The van der Waals surface area contributed by atoms with Gasteiger partial charge in [-0.15, -0.1) is 0 Å². The molecule has 1 rings (SSSR count). The summed E-state index contributed by atoms with van der Waals surface area (Å²) < 4.78 is 0. The second-order valence-corrected chi connectivity index (χ2v) is 4.40. The van der Waals surface area contributed by atoms with Gasteiger partial charge in [-0.05, 0) is 31.2 Å². The van der Waals surface area contributed by atoms with Gasteiger partial charge in [0.1, 0.15) is 0 Å². The van der Waals surface area contributed by atoms with Gasteiger partial charge in [0.05, 0.1) is 0 Å². The molecule has 1 unspecified atom stereocenters. The normalized spacial score (nSPS) is 24.0. The summed E-state index contributed by atoms with van der Waals surface area (Å²) in [6, 6.07) is 0. The van der Waals surface area contributed by atoms with E-state index in [-0.39, 0.29) is 0 Å². The molecule has 1 saturated heterocycles. The van der Waals surface area contributed by atoms with Gasteiger partial charge in [0.25, 0.3) is 0 Å². The Kier molecular flexibility index (Phi) is 7.35. The first-order valence-corrected chi connectivity index (χ1v) is 5.91. The highest BCUT2D eigenvalue weighted by atomic mass is 15.1. The summed E-state index contributed by atoms with van der Waals surface area (Å²) >= 11 is 0. The fourth-order valence-electron chi connectivity index (χ4n) is 1.97. The van der Waals surface area contributed by atoms with Gasteiger partial charge in [0, 0.05) is 13.1 Å². The molecule has 0 aromatic rings. The van der Waals surface area contributed by atoms with E-state index in [1.54, 1.807) is 0 Å². The molecule has 0 aromatic heterocycles. The van der Waals surface area contributed by atoms with E-state index in [0.29, 0.717) is 0 Å². The molecular formula is C12H27N. The molecule has 0 aliphatic carbocycles. The second kappa shape index (κ2) is 7.37. The average molecular weight is 185 g/mol. The predicted molar refractivity (Wildman–Crippen MR) is 61.0 cm³/mol. The van der Waals surface area contributed by atoms with Gasteiger partial charge < -0.3 is 4.90 Å². The van der Waals surface area contributed by atoms with Gasteiger partial charge >= 0.3 is 0 Å². The van der Waals surface area contributed by atoms with Gasteiger partial charge in [-0.3, -0.25) is 0 Å². The van der Waals surface area contributed by atoms with Crippen molar-refractivity contribution in [2.45, 2.75) is 47.5 Å². The zero-order chi connectivity index (χ0) is 10.3. The van der Waals surface area contributed by atoms with Gasteiger partial charge in [0.2, 0.25) is 0 Å². The number of piperidine rings is 1. The van der Waals surface area contributed by atoms with E-state index in [9.17, 15) is 0 Å². The molecule has 1 aliphatic heterocycles. The Balaban J connectivity index is 0.000000671. The zero-order valence-corrected chi connectivity index (χ0v) is 10.1. The average Bonchev–Trinajstić information content (AvgIpc) is 2.06. The molecule has 1 aliphatic rings. The molecule has 0 amide bonds. The van der Waals surface area contributed by atoms with Crippen molar-refractivity contribution in [1.29, 1.82) is 0 Å². The van der Waals surface area contributed by atoms with Crippen LogP contribution >= 0.6 is 0 Å². The fraction of sp³-hybridized carbons (Fsp3) is 1.00. The number of nitrogens with zero attached hydrogens (tertiary/aromatic N) is 1. The molecule has 13 heavy (non-hydrogen) atoms. The molecule has 0 saturated carbocycles. The van der Waals surface area contributed by atoms with Crippen molar-refractivity contribution < 1.29 is 0 Å². The van der Waals surface area contributed by atoms with Crippen LogP contribution in [0, 0.1) is 11.8 Å². The van der Waals surface area contributed by atoms with E-state index in [4.69, 9.17) is 0 Å². The third-order valence-corrected chi connectivity index (χ3v) is 2.36. The quantitative estimate of drug-likeness (QED) is 0.637. The Morgan fingerprint density at radius 2 is 1.92 bits per heavy atom. The van der Waals surface area contributed by atoms with Crippen LogP contribution in [0.25, 0.3) is 0 Å². The minimum Gasteiger partial charge on any atom is -0.303 e. The van der Waals surface area contributed by atoms with Crippen LogP contribution in [0.4, 0.5) is 0 Å². The lowest BCUT2D eigenvalue weighted by atomic mass is 9.99. The summed E-state index contributed by atoms with van der Waals surface area (Å²) in [4.78, 5) is 2.61. The fourth-order valence-corrected chi connectivity index (χ4v) is 1.97. The summed E-state index contributed by atoms with van der Waals surface area (Å²) in [6.45, 7) is 14.9. The van der Waals surface area contributed by atoms with E-state index in [1.807, 2.05) is 13.8 Å². The molecular weight excluding hydrogens is 158 g/mol. The predicted octanol–water partition coefficient (Wildman–Crippen LogP) is 3.40. The first kappa shape index (κ1) is 13.0. The smallest absolute Gasteiger partial charge is 0.000714 e. The van der Waals surface area contributed by atoms with Crippen LogP contribution in [0.2, 0.25) is 0 Å². The largest absolute Gasteiger partial charge is 0.303 e. The topological polar surface area (TPSA) is 3.24 Å². The molecule has 1 nitrogen and oxygen atoms in total. The maximum Gasteiger partial charge on any atom is 0.000714 e. The highest BCUT2D eigenvalue weighted by Gasteiger charge is 2.16. The number of hydrogen-bond donors (Lipinski definition) is 0. The Labute approximate surface area is 84.5 Å². The molecule has 0 aromatic carbocycles. The van der Waals surface area contributed by atoms with Crippen molar-refractivity contribution in [3.63, 3.8) is 0 Å². The van der Waals surface area contributed by atoms with Crippen LogP contribution in [0.15, 0.2) is 0 Å². The van der Waals surface area contributed by atoms with Crippen LogP contribution in [-0.2, 0) is 0 Å². The minimum absolute atomic E-state index is 0.834. The Bertz CT molecular complexity index is 108. The standard InChI is InChI=1S/C10H21N.C2H6/c1-9(2)7-11-6-4-5-10(3)8-11;1-2/h9-10H,4-8H2,1-3H3;1-2H3. The molecule has 0 N–H and O–H groups in total. The minimum atomic E-state index is 0.834. The summed E-state index contributed by atoms with van der Waals surface area (Å²) in [5, 5.41) is 0. The molecule has 1 heterocycles. The van der Waals surface area contributed by atoms with Gasteiger partial charge in [-0.25, -0.2) is 0 Å². The van der Waals surface area contributed by atoms with Crippen molar-refractivity contribution in [3.8, 4) is 0 Å². The van der Waals surface area contributed by atoms with Crippen molar-refractivity contribution in [3.05, 3.63) is 0 Å². The van der Waals surface area contributed by atoms with Crippen LogP contribution in [0.1, 0.15) is 47.5 Å². The monoisotopic (exact) mass is 185 g/mol. The summed E-state index contributed by atoms with van der Waals surface area (Å²) in [5.41, 5.74) is 0. The van der Waals surface area contributed by atoms with Crippen molar-refractivity contribution >= 4 is 0 Å². The molecule has 0 bridgehead atoms. The number of likely N-dealkylation sites (tertiary alicyclic amines) is 1. The SMILES string of the molecule is CC.CC(C)CN1CCCC(C)C1. The van der Waals surface area contributed by atoms with Crippen molar-refractivity contribution in [2.75, 3.05) is 19.6 Å². The maximum absolute atomic E-state index is 2.61. The number of hydrogen-bond acceptors (Lipinski definition) is 1. The first-order valence-electron chi connectivity index (χ1n) is 5.91. The van der Waals surface area contributed by atoms with Crippen LogP contribution < -0.4 is 0 Å². The van der Waals surface area contributed by atoms with Gasteiger partial charge in [-0.2, -0.15) is 0 Å². The maximum atomic E-state index is 2.61. The Hall–Kier alpha value is -0.0400. The summed E-state index contributed by atoms with van der Waals surface area (Å²) in [7, 11) is 0. The second-order valence-electron chi connectivity index (χ2n) is 4.40. The Morgan fingerprint density at radius 1 is 1.31 bits per heavy atom. The molecule has 1 heteroatoms. The molecule has 0 radical (unpaired) electrons. The summed E-state index contributed by atoms with van der Waals surface area (Å²) in [5.74, 6) is 1.77. The third-order valence-electron chi connectivity index (χ3n) is 2.36. The van der Waals surface area contributed by atoms with Gasteiger partial charge in [-0.1, -0.05) is 34.6 Å². The van der Waals surface area contributed by atoms with E-state index in [2.05, 4.69) is 25.7 Å². The van der Waals surface area contributed by atoms with Crippen LogP contribution in [-0.4, -0.2) is 24.5 Å². The number of rotatable bonds is 2. The van der Waals surface area contributed by atoms with E-state index < -0.39 is 0 Å². The molecule has 1 atom stereocenters. The highest BCUT2D eigenvalue weighted by Crippen LogP contribution is 2.16. The van der Waals surface area contributed by atoms with E-state index >= 15 is 0 Å². The first-order chi connectivity index (χ1) is 6.18. The molecule has 1 fully saturated rings. The van der Waals surface area contributed by atoms with E-state index in [0.717, 1.165) is 11.8 Å². The van der Waals surface area contributed by atoms with Crippen LogP contribution in [0.3, 0.4) is 0 Å². The Morgan fingerprint density at radius 3 is 2.38 bits per heavy atom. The summed E-state index contributed by atoms with van der Waals surface area (Å²) in [6.07, 6.45) is 2.85. The van der Waals surface area contributed by atoms with Crippen molar-refractivity contribution in [1.82, 2.24) is 4.90 Å². The highest BCUT2D eigenvalue weighted by molar-refractivity contribution is 4.70. The lowest BCUT2D eigenvalue weighted by Crippen LogP contribution is -2.36. The molecule has 80 valence electrons. The lowest BCUT2D eigenvalue weighted by Gasteiger charge is -2.31. The molecule has 0 spiro atoms. The van der Waals surface area contributed by atoms with Gasteiger partial charge in [0.15, 0.2) is 0 Å². The third kappa shape index (κ3) is 6.09.